The SMILES string of the molecule is CNc1cc(COc2nc(N3CCC4(CC3)CC4c3nc4ccc(C)cc4n3CC3CCO3)c(F)cc2F)ccc1C=N. The lowest BCUT2D eigenvalue weighted by molar-refractivity contribution is -0.0590. The van der Waals surface area contributed by atoms with E-state index in [4.69, 9.17) is 19.9 Å². The molecule has 1 spiro atoms. The van der Waals surface area contributed by atoms with Crippen molar-refractivity contribution in [3.63, 3.8) is 0 Å². The molecular weight excluding hydrogens is 550 g/mol. The smallest absolute Gasteiger partial charge is 0.252 e. The molecule has 1 saturated carbocycles. The zero-order valence-corrected chi connectivity index (χ0v) is 24.5. The minimum absolute atomic E-state index is 0.0686. The average Bonchev–Trinajstić information content (AvgIpc) is 3.56. The monoisotopic (exact) mass is 586 g/mol. The Kier molecular flexibility index (Phi) is 7.04. The predicted molar refractivity (Wildman–Crippen MR) is 162 cm³/mol. The second kappa shape index (κ2) is 10.9. The van der Waals surface area contributed by atoms with Crippen molar-refractivity contribution >= 4 is 28.8 Å². The number of nitrogens with one attached hydrogen (secondary N) is 2. The Balaban J connectivity index is 1.06. The zero-order valence-electron chi connectivity index (χ0n) is 24.5. The zero-order chi connectivity index (χ0) is 29.7. The third kappa shape index (κ3) is 5.11. The molecular formula is C33H36F2N6O2. The van der Waals surface area contributed by atoms with Gasteiger partial charge in [0.25, 0.3) is 5.88 Å². The summed E-state index contributed by atoms with van der Waals surface area (Å²) in [5.41, 5.74) is 5.84. The second-order valence-corrected chi connectivity index (χ2v) is 12.1. The van der Waals surface area contributed by atoms with E-state index in [2.05, 4.69) is 40.0 Å². The fourth-order valence-electron chi connectivity index (χ4n) is 6.72. The highest BCUT2D eigenvalue weighted by Gasteiger charge is 2.57. The molecule has 4 aromatic rings. The molecule has 2 aromatic heterocycles. The lowest BCUT2D eigenvalue weighted by Gasteiger charge is -2.34. The van der Waals surface area contributed by atoms with E-state index in [9.17, 15) is 4.39 Å². The van der Waals surface area contributed by atoms with Crippen LogP contribution in [0.5, 0.6) is 5.88 Å². The lowest BCUT2D eigenvalue weighted by Crippen LogP contribution is -2.36. The molecule has 2 N–H and O–H groups in total. The van der Waals surface area contributed by atoms with Crippen LogP contribution < -0.4 is 15.0 Å². The molecule has 2 aliphatic heterocycles. The number of hydrogen-bond donors (Lipinski definition) is 2. The van der Waals surface area contributed by atoms with Crippen molar-refractivity contribution in [2.24, 2.45) is 5.41 Å². The quantitative estimate of drug-likeness (QED) is 0.227. The van der Waals surface area contributed by atoms with Crippen molar-refractivity contribution < 1.29 is 18.3 Å². The number of aromatic nitrogens is 3. The summed E-state index contributed by atoms with van der Waals surface area (Å²) in [4.78, 5) is 11.3. The summed E-state index contributed by atoms with van der Waals surface area (Å²) in [6, 6.07) is 12.8. The molecule has 2 saturated heterocycles. The molecule has 4 heterocycles. The number of rotatable bonds is 9. The number of ether oxygens (including phenoxy) is 2. The van der Waals surface area contributed by atoms with Crippen LogP contribution in [0.1, 0.15) is 54.1 Å². The van der Waals surface area contributed by atoms with Crippen LogP contribution in [0, 0.1) is 29.4 Å². The maximum Gasteiger partial charge on any atom is 0.252 e. The Morgan fingerprint density at radius 3 is 2.65 bits per heavy atom. The number of benzene rings is 2. The number of hydrogen-bond acceptors (Lipinski definition) is 7. The first-order valence-corrected chi connectivity index (χ1v) is 15.0. The topological polar surface area (TPSA) is 88.3 Å². The summed E-state index contributed by atoms with van der Waals surface area (Å²) >= 11 is 0. The Labute approximate surface area is 249 Å². The van der Waals surface area contributed by atoms with Crippen LogP contribution in [-0.4, -0.2) is 53.6 Å². The Morgan fingerprint density at radius 1 is 1.12 bits per heavy atom. The van der Waals surface area contributed by atoms with Crippen molar-refractivity contribution in [3.05, 3.63) is 76.6 Å². The van der Waals surface area contributed by atoms with Crippen molar-refractivity contribution in [2.45, 2.75) is 57.8 Å². The van der Waals surface area contributed by atoms with Gasteiger partial charge in [-0.3, -0.25) is 0 Å². The number of nitrogens with zero attached hydrogens (tertiary/aromatic N) is 4. The molecule has 0 radical (unpaired) electrons. The van der Waals surface area contributed by atoms with Crippen molar-refractivity contribution in [3.8, 4) is 5.88 Å². The minimum atomic E-state index is -0.827. The van der Waals surface area contributed by atoms with Crippen LogP contribution >= 0.6 is 0 Å². The predicted octanol–water partition coefficient (Wildman–Crippen LogP) is 6.20. The summed E-state index contributed by atoms with van der Waals surface area (Å²) in [6.45, 7) is 5.09. The van der Waals surface area contributed by atoms with Gasteiger partial charge in [0, 0.05) is 56.2 Å². The van der Waals surface area contributed by atoms with Crippen LogP contribution in [0.25, 0.3) is 11.0 Å². The van der Waals surface area contributed by atoms with Crippen molar-refractivity contribution in [1.82, 2.24) is 14.5 Å². The van der Waals surface area contributed by atoms with Crippen molar-refractivity contribution in [2.75, 3.05) is 37.0 Å². The first-order chi connectivity index (χ1) is 20.9. The number of aryl methyl sites for hydroxylation is 1. The molecule has 3 aliphatic rings. The molecule has 2 atom stereocenters. The highest BCUT2D eigenvalue weighted by Crippen LogP contribution is 2.65. The molecule has 10 heteroatoms. The van der Waals surface area contributed by atoms with Gasteiger partial charge in [-0.2, -0.15) is 4.98 Å². The normalized spacial score (nSPS) is 20.7. The average molecular weight is 587 g/mol. The summed E-state index contributed by atoms with van der Waals surface area (Å²) < 4.78 is 43.6. The number of pyridine rings is 1. The van der Waals surface area contributed by atoms with Crippen LogP contribution in [0.2, 0.25) is 0 Å². The van der Waals surface area contributed by atoms with Gasteiger partial charge in [-0.15, -0.1) is 0 Å². The highest BCUT2D eigenvalue weighted by atomic mass is 19.1. The summed E-state index contributed by atoms with van der Waals surface area (Å²) in [7, 11) is 1.77. The van der Waals surface area contributed by atoms with Crippen LogP contribution in [0.15, 0.2) is 42.5 Å². The lowest BCUT2D eigenvalue weighted by atomic mass is 9.90. The minimum Gasteiger partial charge on any atom is -0.471 e. The molecule has 8 nitrogen and oxygen atoms in total. The van der Waals surface area contributed by atoms with E-state index in [0.717, 1.165) is 73.1 Å². The van der Waals surface area contributed by atoms with E-state index in [1.165, 1.54) is 17.3 Å². The van der Waals surface area contributed by atoms with E-state index in [1.54, 1.807) is 13.1 Å². The first-order valence-electron chi connectivity index (χ1n) is 15.0. The first kappa shape index (κ1) is 27.8. The number of halogens is 2. The molecule has 43 heavy (non-hydrogen) atoms. The highest BCUT2D eigenvalue weighted by molar-refractivity contribution is 5.85. The second-order valence-electron chi connectivity index (χ2n) is 12.1. The van der Waals surface area contributed by atoms with E-state index in [1.807, 2.05) is 17.0 Å². The maximum atomic E-state index is 15.0. The summed E-state index contributed by atoms with van der Waals surface area (Å²) in [5.74, 6) is -0.103. The molecule has 1 aliphatic carbocycles. The fraction of sp³-hybridized carbons (Fsp3) is 0.424. The van der Waals surface area contributed by atoms with Gasteiger partial charge in [-0.25, -0.2) is 13.8 Å². The largest absolute Gasteiger partial charge is 0.471 e. The maximum absolute atomic E-state index is 15.0. The Morgan fingerprint density at radius 2 is 1.93 bits per heavy atom. The molecule has 224 valence electrons. The third-order valence-corrected chi connectivity index (χ3v) is 9.47. The molecule has 0 bridgehead atoms. The van der Waals surface area contributed by atoms with Gasteiger partial charge in [0.15, 0.2) is 17.5 Å². The molecule has 7 rings (SSSR count). The summed E-state index contributed by atoms with van der Waals surface area (Å²) in [5, 5.41) is 10.6. The number of fused-ring (bicyclic) bond motifs is 1. The molecule has 0 amide bonds. The third-order valence-electron chi connectivity index (χ3n) is 9.47. The van der Waals surface area contributed by atoms with E-state index in [-0.39, 0.29) is 29.8 Å². The fourth-order valence-corrected chi connectivity index (χ4v) is 6.72. The molecule has 3 fully saturated rings. The van der Waals surface area contributed by atoms with Crippen molar-refractivity contribution in [1.29, 1.82) is 5.41 Å². The van der Waals surface area contributed by atoms with Gasteiger partial charge in [0.1, 0.15) is 12.4 Å². The van der Waals surface area contributed by atoms with Crippen LogP contribution in [0.3, 0.4) is 0 Å². The number of anilines is 2. The van der Waals surface area contributed by atoms with Gasteiger partial charge in [-0.1, -0.05) is 18.2 Å². The van der Waals surface area contributed by atoms with Gasteiger partial charge in [0.05, 0.1) is 23.7 Å². The van der Waals surface area contributed by atoms with E-state index < -0.39 is 11.6 Å². The molecule has 2 aromatic carbocycles. The van der Waals surface area contributed by atoms with Crippen LogP contribution in [-0.2, 0) is 17.9 Å². The van der Waals surface area contributed by atoms with Gasteiger partial charge < -0.3 is 29.7 Å². The van der Waals surface area contributed by atoms with Crippen LogP contribution in [0.4, 0.5) is 20.3 Å². The van der Waals surface area contributed by atoms with Gasteiger partial charge in [-0.05, 0) is 67.3 Å². The Bertz CT molecular complexity index is 1690. The van der Waals surface area contributed by atoms with E-state index in [0.29, 0.717) is 19.0 Å². The standard InChI is InChI=1S/C33H36F2N6O2/c1-20-3-6-27-29(13-20)41(18-23-7-12-42-23)30(38-27)24-16-33(24)8-10-40(11-9-33)31-25(34)15-26(35)32(39-31)43-19-21-4-5-22(17-36)28(14-21)37-2/h3-6,13-15,17,23-24,36-37H,7-12,16,18-19H2,1-2H3. The summed E-state index contributed by atoms with van der Waals surface area (Å²) in [6.07, 6.45) is 5.42. The molecule has 2 unspecified atom stereocenters. The van der Waals surface area contributed by atoms with Gasteiger partial charge in [0.2, 0.25) is 0 Å². The number of imidazole rings is 1. The Hall–Kier alpha value is -4.05. The van der Waals surface area contributed by atoms with E-state index >= 15 is 4.39 Å². The van der Waals surface area contributed by atoms with Gasteiger partial charge >= 0.3 is 0 Å². The number of piperidine rings is 1.